The number of nitrogens with one attached hydrogen (secondary N) is 2. The summed E-state index contributed by atoms with van der Waals surface area (Å²) in [6.45, 7) is 0.389. The second kappa shape index (κ2) is 6.97. The van der Waals surface area contributed by atoms with Gasteiger partial charge in [0.1, 0.15) is 0 Å². The molecule has 1 heterocycles. The Morgan fingerprint density at radius 2 is 2.14 bits per heavy atom. The molecule has 0 radical (unpaired) electrons. The largest absolute Gasteiger partial charge is 0.391 e. The van der Waals surface area contributed by atoms with E-state index >= 15 is 0 Å². The molecule has 1 fully saturated rings. The van der Waals surface area contributed by atoms with Gasteiger partial charge in [0.05, 0.1) is 6.10 Å². The van der Waals surface area contributed by atoms with E-state index in [2.05, 4.69) is 22.4 Å². The lowest BCUT2D eigenvalue weighted by atomic mass is 10.0. The van der Waals surface area contributed by atoms with Gasteiger partial charge < -0.3 is 15.4 Å². The summed E-state index contributed by atoms with van der Waals surface area (Å²) in [4.78, 5) is 15.1. The average molecular weight is 300 g/mol. The minimum atomic E-state index is -0.386. The molecule has 22 heavy (non-hydrogen) atoms. The van der Waals surface area contributed by atoms with Crippen LogP contribution >= 0.6 is 0 Å². The number of aliphatic hydroxyl groups excluding tert-OH is 1. The zero-order valence-electron chi connectivity index (χ0n) is 12.8. The molecular weight excluding hydrogens is 276 g/mol. The van der Waals surface area contributed by atoms with E-state index in [1.54, 1.807) is 0 Å². The topological polar surface area (TPSA) is 65.1 Å². The van der Waals surface area contributed by atoms with Crippen LogP contribution in [0.15, 0.2) is 30.5 Å². The van der Waals surface area contributed by atoms with E-state index < -0.39 is 0 Å². The van der Waals surface area contributed by atoms with Crippen molar-refractivity contribution in [2.45, 2.75) is 44.6 Å². The number of H-pyrrole nitrogens is 1. The fraction of sp³-hybridized carbons (Fsp3) is 0.500. The van der Waals surface area contributed by atoms with Gasteiger partial charge in [-0.25, -0.2) is 0 Å². The maximum Gasteiger partial charge on any atom is 0.220 e. The zero-order valence-corrected chi connectivity index (χ0v) is 12.8. The molecule has 4 heteroatoms. The van der Waals surface area contributed by atoms with Gasteiger partial charge in [-0.3, -0.25) is 4.79 Å². The molecule has 1 aromatic carbocycles. The Balaban J connectivity index is 1.43. The second-order valence-electron chi connectivity index (χ2n) is 6.32. The first-order valence-corrected chi connectivity index (χ1v) is 8.23. The van der Waals surface area contributed by atoms with Gasteiger partial charge in [0.25, 0.3) is 0 Å². The molecule has 0 spiro atoms. The number of carbonyl (C=O) groups is 1. The summed E-state index contributed by atoms with van der Waals surface area (Å²) in [5.41, 5.74) is 2.28. The van der Waals surface area contributed by atoms with Crippen LogP contribution in [0.4, 0.5) is 0 Å². The molecule has 0 aliphatic heterocycles. The molecule has 1 unspecified atom stereocenters. The van der Waals surface area contributed by atoms with E-state index in [-0.39, 0.29) is 12.0 Å². The Bertz CT molecular complexity index is 629. The first-order chi connectivity index (χ1) is 10.7. The number of aryl methyl sites for hydroxylation is 1. The molecule has 0 bridgehead atoms. The Labute approximate surface area is 130 Å². The Hall–Kier alpha value is -1.81. The third-order valence-electron chi connectivity index (χ3n) is 4.71. The van der Waals surface area contributed by atoms with Crippen LogP contribution in [0.2, 0.25) is 0 Å². The van der Waals surface area contributed by atoms with Crippen LogP contribution in [-0.2, 0) is 11.2 Å². The fourth-order valence-electron chi connectivity index (χ4n) is 3.33. The summed E-state index contributed by atoms with van der Waals surface area (Å²) < 4.78 is 0. The van der Waals surface area contributed by atoms with Gasteiger partial charge in [0, 0.05) is 24.7 Å². The Morgan fingerprint density at radius 1 is 1.32 bits per heavy atom. The van der Waals surface area contributed by atoms with Crippen LogP contribution in [0.25, 0.3) is 10.9 Å². The highest BCUT2D eigenvalue weighted by molar-refractivity contribution is 5.80. The smallest absolute Gasteiger partial charge is 0.220 e. The van der Waals surface area contributed by atoms with Gasteiger partial charge in [0.2, 0.25) is 5.91 Å². The van der Waals surface area contributed by atoms with E-state index in [9.17, 15) is 9.90 Å². The fourth-order valence-corrected chi connectivity index (χ4v) is 3.33. The van der Waals surface area contributed by atoms with Gasteiger partial charge >= 0.3 is 0 Å². The Kier molecular flexibility index (Phi) is 4.78. The molecule has 118 valence electrons. The number of aromatic nitrogens is 1. The number of aromatic amines is 1. The summed E-state index contributed by atoms with van der Waals surface area (Å²) in [6, 6.07) is 8.26. The number of fused-ring (bicyclic) bond motifs is 1. The third kappa shape index (κ3) is 3.69. The van der Waals surface area contributed by atoms with Crippen molar-refractivity contribution in [1.29, 1.82) is 0 Å². The molecule has 0 saturated heterocycles. The SMILES string of the molecule is O=C(CCc1ccc2[nH]ccc2c1)NCC(O)C1CCCC1. The van der Waals surface area contributed by atoms with Gasteiger partial charge in [-0.1, -0.05) is 18.9 Å². The maximum atomic E-state index is 11.9. The number of amides is 1. The number of benzene rings is 1. The summed E-state index contributed by atoms with van der Waals surface area (Å²) in [7, 11) is 0. The van der Waals surface area contributed by atoms with E-state index in [0.717, 1.165) is 24.8 Å². The average Bonchev–Trinajstić information content (AvgIpc) is 3.20. The number of hydrogen-bond donors (Lipinski definition) is 3. The highest BCUT2D eigenvalue weighted by atomic mass is 16.3. The normalized spacial score (nSPS) is 17.0. The highest BCUT2D eigenvalue weighted by Gasteiger charge is 2.23. The maximum absolute atomic E-state index is 11.9. The van der Waals surface area contributed by atoms with Crippen molar-refractivity contribution in [2.24, 2.45) is 5.92 Å². The minimum Gasteiger partial charge on any atom is -0.391 e. The zero-order chi connectivity index (χ0) is 15.4. The summed E-state index contributed by atoms with van der Waals surface area (Å²) in [5, 5.41) is 14.1. The molecule has 2 aromatic rings. The van der Waals surface area contributed by atoms with E-state index in [1.807, 2.05) is 18.3 Å². The van der Waals surface area contributed by atoms with Crippen molar-refractivity contribution in [3.8, 4) is 0 Å². The molecule has 1 atom stereocenters. The highest BCUT2D eigenvalue weighted by Crippen LogP contribution is 2.27. The lowest BCUT2D eigenvalue weighted by Crippen LogP contribution is -2.35. The molecule has 1 aliphatic rings. The number of carbonyl (C=O) groups excluding carboxylic acids is 1. The van der Waals surface area contributed by atoms with Crippen molar-refractivity contribution >= 4 is 16.8 Å². The van der Waals surface area contributed by atoms with Crippen LogP contribution in [-0.4, -0.2) is 28.6 Å². The molecule has 4 nitrogen and oxygen atoms in total. The molecule has 1 aliphatic carbocycles. The molecule has 3 rings (SSSR count). The van der Waals surface area contributed by atoms with Gasteiger partial charge in [-0.15, -0.1) is 0 Å². The van der Waals surface area contributed by atoms with Crippen molar-refractivity contribution in [2.75, 3.05) is 6.54 Å². The lowest BCUT2D eigenvalue weighted by Gasteiger charge is -2.18. The first kappa shape index (κ1) is 15.1. The monoisotopic (exact) mass is 300 g/mol. The first-order valence-electron chi connectivity index (χ1n) is 8.23. The molecule has 1 aromatic heterocycles. The number of aliphatic hydroxyl groups is 1. The summed E-state index contributed by atoms with van der Waals surface area (Å²) in [5.74, 6) is 0.391. The van der Waals surface area contributed by atoms with Crippen molar-refractivity contribution in [3.63, 3.8) is 0 Å². The Morgan fingerprint density at radius 3 is 2.95 bits per heavy atom. The van der Waals surface area contributed by atoms with E-state index in [0.29, 0.717) is 18.9 Å². The van der Waals surface area contributed by atoms with Crippen LogP contribution < -0.4 is 5.32 Å². The van der Waals surface area contributed by atoms with Crippen molar-refractivity contribution in [1.82, 2.24) is 10.3 Å². The van der Waals surface area contributed by atoms with Crippen molar-refractivity contribution < 1.29 is 9.90 Å². The molecule has 1 saturated carbocycles. The van der Waals surface area contributed by atoms with Gasteiger partial charge in [-0.2, -0.15) is 0 Å². The summed E-state index contributed by atoms with van der Waals surface area (Å²) in [6.07, 6.45) is 7.32. The number of hydrogen-bond acceptors (Lipinski definition) is 2. The quantitative estimate of drug-likeness (QED) is 0.768. The van der Waals surface area contributed by atoms with Gasteiger partial charge in [-0.05, 0) is 54.3 Å². The molecule has 1 amide bonds. The standard InChI is InChI=1S/C18H24N2O2/c21-17(14-3-1-2-4-14)12-20-18(22)8-6-13-5-7-16-15(11-13)9-10-19-16/h5,7,9-11,14,17,19,21H,1-4,6,8,12H2,(H,20,22). The van der Waals surface area contributed by atoms with E-state index in [1.165, 1.54) is 23.8 Å². The molecule has 3 N–H and O–H groups in total. The van der Waals surface area contributed by atoms with E-state index in [4.69, 9.17) is 0 Å². The van der Waals surface area contributed by atoms with Crippen molar-refractivity contribution in [3.05, 3.63) is 36.0 Å². The van der Waals surface area contributed by atoms with Crippen LogP contribution in [0.5, 0.6) is 0 Å². The number of rotatable bonds is 6. The van der Waals surface area contributed by atoms with Crippen LogP contribution in [0.3, 0.4) is 0 Å². The molecular formula is C18H24N2O2. The predicted octanol–water partition coefficient (Wildman–Crippen LogP) is 2.77. The minimum absolute atomic E-state index is 0.0196. The third-order valence-corrected chi connectivity index (χ3v) is 4.71. The predicted molar refractivity (Wildman–Crippen MR) is 87.6 cm³/mol. The van der Waals surface area contributed by atoms with Crippen LogP contribution in [0.1, 0.15) is 37.7 Å². The second-order valence-corrected chi connectivity index (χ2v) is 6.32. The van der Waals surface area contributed by atoms with Crippen LogP contribution in [0, 0.1) is 5.92 Å². The lowest BCUT2D eigenvalue weighted by molar-refractivity contribution is -0.121. The van der Waals surface area contributed by atoms with Gasteiger partial charge in [0.15, 0.2) is 0 Å². The summed E-state index contributed by atoms with van der Waals surface area (Å²) >= 11 is 0.